The van der Waals surface area contributed by atoms with Gasteiger partial charge in [-0.3, -0.25) is 0 Å². The Labute approximate surface area is 85.2 Å². The fourth-order valence-corrected chi connectivity index (χ4v) is 1.10. The summed E-state index contributed by atoms with van der Waals surface area (Å²) in [7, 11) is 0. The zero-order valence-corrected chi connectivity index (χ0v) is 8.53. The van der Waals surface area contributed by atoms with E-state index in [9.17, 15) is 0 Å². The van der Waals surface area contributed by atoms with Crippen LogP contribution in [0, 0.1) is 0 Å². The van der Waals surface area contributed by atoms with E-state index in [1.807, 2.05) is 31.2 Å². The summed E-state index contributed by atoms with van der Waals surface area (Å²) in [6.07, 6.45) is 1.73. The molecular formula is C12H16O2. The molecule has 1 aromatic rings. The Morgan fingerprint density at radius 3 is 3.00 bits per heavy atom. The maximum absolute atomic E-state index is 5.40. The first kappa shape index (κ1) is 10.8. The monoisotopic (exact) mass is 192 g/mol. The van der Waals surface area contributed by atoms with Gasteiger partial charge in [0.05, 0.1) is 6.61 Å². The Morgan fingerprint density at radius 2 is 2.29 bits per heavy atom. The molecule has 1 rings (SSSR count). The van der Waals surface area contributed by atoms with Gasteiger partial charge >= 0.3 is 0 Å². The van der Waals surface area contributed by atoms with Crippen LogP contribution in [0.25, 0.3) is 0 Å². The van der Waals surface area contributed by atoms with Crippen molar-refractivity contribution in [1.29, 1.82) is 0 Å². The first-order valence-corrected chi connectivity index (χ1v) is 4.77. The summed E-state index contributed by atoms with van der Waals surface area (Å²) >= 11 is 0. The lowest BCUT2D eigenvalue weighted by Crippen LogP contribution is -1.95. The first-order chi connectivity index (χ1) is 6.86. The normalized spacial score (nSPS) is 9.79. The number of benzene rings is 1. The molecule has 0 N–H and O–H groups in total. The highest BCUT2D eigenvalue weighted by Gasteiger charge is 1.95. The lowest BCUT2D eigenvalue weighted by Gasteiger charge is -2.05. The minimum atomic E-state index is 0.540. The van der Waals surface area contributed by atoms with E-state index >= 15 is 0 Å². The summed E-state index contributed by atoms with van der Waals surface area (Å²) in [5.41, 5.74) is 1.13. The maximum Gasteiger partial charge on any atom is 0.120 e. The smallest absolute Gasteiger partial charge is 0.120 e. The molecule has 0 amide bonds. The maximum atomic E-state index is 5.40. The van der Waals surface area contributed by atoms with Crippen LogP contribution in [-0.4, -0.2) is 13.2 Å². The van der Waals surface area contributed by atoms with Crippen LogP contribution in [0.4, 0.5) is 0 Å². The predicted molar refractivity (Wildman–Crippen MR) is 57.5 cm³/mol. The van der Waals surface area contributed by atoms with Crippen molar-refractivity contribution >= 4 is 0 Å². The van der Waals surface area contributed by atoms with Gasteiger partial charge in [-0.1, -0.05) is 24.8 Å². The molecule has 14 heavy (non-hydrogen) atoms. The molecule has 1 aromatic carbocycles. The molecule has 0 unspecified atom stereocenters. The van der Waals surface area contributed by atoms with Crippen LogP contribution in [0.15, 0.2) is 36.9 Å². The van der Waals surface area contributed by atoms with Crippen molar-refractivity contribution in [2.75, 3.05) is 13.2 Å². The Bertz CT molecular complexity index is 281. The minimum Gasteiger partial charge on any atom is -0.490 e. The molecule has 0 fully saturated rings. The number of rotatable bonds is 6. The molecule has 0 atom stereocenters. The summed E-state index contributed by atoms with van der Waals surface area (Å²) < 4.78 is 10.7. The average Bonchev–Trinajstić information content (AvgIpc) is 2.24. The average molecular weight is 192 g/mol. The van der Waals surface area contributed by atoms with Crippen molar-refractivity contribution in [3.63, 3.8) is 0 Å². The highest BCUT2D eigenvalue weighted by Crippen LogP contribution is 2.13. The molecule has 76 valence electrons. The topological polar surface area (TPSA) is 18.5 Å². The second kappa shape index (κ2) is 6.22. The van der Waals surface area contributed by atoms with Crippen LogP contribution >= 0.6 is 0 Å². The van der Waals surface area contributed by atoms with E-state index in [2.05, 4.69) is 6.58 Å². The summed E-state index contributed by atoms with van der Waals surface area (Å²) in [4.78, 5) is 0. The van der Waals surface area contributed by atoms with Crippen LogP contribution < -0.4 is 4.74 Å². The van der Waals surface area contributed by atoms with Gasteiger partial charge in [0.25, 0.3) is 0 Å². The zero-order valence-electron chi connectivity index (χ0n) is 8.53. The molecule has 0 bridgehead atoms. The van der Waals surface area contributed by atoms with E-state index < -0.39 is 0 Å². The van der Waals surface area contributed by atoms with Gasteiger partial charge in [-0.15, -0.1) is 0 Å². The second-order valence-corrected chi connectivity index (χ2v) is 2.88. The Kier molecular flexibility index (Phi) is 4.79. The molecule has 0 heterocycles. The van der Waals surface area contributed by atoms with Gasteiger partial charge < -0.3 is 9.47 Å². The molecule has 0 aliphatic rings. The lowest BCUT2D eigenvalue weighted by molar-refractivity contribution is 0.134. The third kappa shape index (κ3) is 3.62. The van der Waals surface area contributed by atoms with Crippen molar-refractivity contribution in [3.8, 4) is 5.75 Å². The highest BCUT2D eigenvalue weighted by atomic mass is 16.5. The van der Waals surface area contributed by atoms with Crippen molar-refractivity contribution < 1.29 is 9.47 Å². The van der Waals surface area contributed by atoms with Crippen LogP contribution in [0.5, 0.6) is 5.75 Å². The summed E-state index contributed by atoms with van der Waals surface area (Å²) in [6, 6.07) is 7.90. The molecule has 0 aliphatic heterocycles. The molecule has 2 heteroatoms. The van der Waals surface area contributed by atoms with Crippen LogP contribution in [0.1, 0.15) is 12.5 Å². The number of ether oxygens (including phenoxy) is 2. The van der Waals surface area contributed by atoms with E-state index in [0.29, 0.717) is 13.2 Å². The van der Waals surface area contributed by atoms with E-state index in [1.165, 1.54) is 0 Å². The van der Waals surface area contributed by atoms with Gasteiger partial charge in [0, 0.05) is 6.61 Å². The lowest BCUT2D eigenvalue weighted by atomic mass is 10.2. The molecule has 0 spiro atoms. The van der Waals surface area contributed by atoms with Crippen LogP contribution in [0.3, 0.4) is 0 Å². The van der Waals surface area contributed by atoms with E-state index in [-0.39, 0.29) is 0 Å². The van der Waals surface area contributed by atoms with E-state index in [1.54, 1.807) is 6.08 Å². The zero-order chi connectivity index (χ0) is 10.2. The van der Waals surface area contributed by atoms with Crippen molar-refractivity contribution in [3.05, 3.63) is 42.5 Å². The Balaban J connectivity index is 2.54. The predicted octanol–water partition coefficient (Wildman–Crippen LogP) is 2.79. The molecule has 0 saturated carbocycles. The number of hydrogen-bond acceptors (Lipinski definition) is 2. The molecular weight excluding hydrogens is 176 g/mol. The molecule has 0 aromatic heterocycles. The van der Waals surface area contributed by atoms with E-state index in [4.69, 9.17) is 9.47 Å². The number of hydrogen-bond donors (Lipinski definition) is 0. The van der Waals surface area contributed by atoms with Gasteiger partial charge in [0.1, 0.15) is 12.4 Å². The quantitative estimate of drug-likeness (QED) is 0.645. The molecule has 0 saturated heterocycles. The Morgan fingerprint density at radius 1 is 1.43 bits per heavy atom. The van der Waals surface area contributed by atoms with Crippen molar-refractivity contribution in [1.82, 2.24) is 0 Å². The van der Waals surface area contributed by atoms with E-state index in [0.717, 1.165) is 17.9 Å². The van der Waals surface area contributed by atoms with Crippen LogP contribution in [0.2, 0.25) is 0 Å². The van der Waals surface area contributed by atoms with Gasteiger partial charge in [-0.05, 0) is 24.6 Å². The molecule has 0 aliphatic carbocycles. The largest absolute Gasteiger partial charge is 0.490 e. The fourth-order valence-electron chi connectivity index (χ4n) is 1.10. The van der Waals surface area contributed by atoms with Gasteiger partial charge in [-0.25, -0.2) is 0 Å². The standard InChI is InChI=1S/C12H16O2/c1-3-8-14-12-7-5-6-11(9-12)10-13-4-2/h3,5-7,9H,1,4,8,10H2,2H3. The third-order valence-corrected chi connectivity index (χ3v) is 1.74. The van der Waals surface area contributed by atoms with Gasteiger partial charge in [0.15, 0.2) is 0 Å². The first-order valence-electron chi connectivity index (χ1n) is 4.77. The SMILES string of the molecule is C=CCOc1cccc(COCC)c1. The second-order valence-electron chi connectivity index (χ2n) is 2.88. The van der Waals surface area contributed by atoms with Crippen LogP contribution in [-0.2, 0) is 11.3 Å². The van der Waals surface area contributed by atoms with Gasteiger partial charge in [0.2, 0.25) is 0 Å². The molecule has 0 radical (unpaired) electrons. The highest BCUT2D eigenvalue weighted by molar-refractivity contribution is 5.28. The molecule has 2 nitrogen and oxygen atoms in total. The third-order valence-electron chi connectivity index (χ3n) is 1.74. The fraction of sp³-hybridized carbons (Fsp3) is 0.333. The Hall–Kier alpha value is -1.28. The summed E-state index contributed by atoms with van der Waals surface area (Å²) in [5, 5.41) is 0. The summed E-state index contributed by atoms with van der Waals surface area (Å²) in [6.45, 7) is 7.50. The summed E-state index contributed by atoms with van der Waals surface area (Å²) in [5.74, 6) is 0.863. The van der Waals surface area contributed by atoms with Crippen molar-refractivity contribution in [2.24, 2.45) is 0 Å². The van der Waals surface area contributed by atoms with Crippen molar-refractivity contribution in [2.45, 2.75) is 13.5 Å². The van der Waals surface area contributed by atoms with Gasteiger partial charge in [-0.2, -0.15) is 0 Å². The minimum absolute atomic E-state index is 0.540.